The summed E-state index contributed by atoms with van der Waals surface area (Å²) in [6, 6.07) is 14.9. The van der Waals surface area contributed by atoms with Gasteiger partial charge in [-0.15, -0.1) is 0 Å². The summed E-state index contributed by atoms with van der Waals surface area (Å²) in [4.78, 5) is 41.4. The topological polar surface area (TPSA) is 69.7 Å². The predicted octanol–water partition coefficient (Wildman–Crippen LogP) is 3.03. The lowest BCUT2D eigenvalue weighted by Gasteiger charge is -2.37. The van der Waals surface area contributed by atoms with Gasteiger partial charge in [0.1, 0.15) is 5.54 Å². The molecule has 1 spiro atoms. The summed E-state index contributed by atoms with van der Waals surface area (Å²) >= 11 is 0. The molecule has 2 aliphatic rings. The van der Waals surface area contributed by atoms with Crippen molar-refractivity contribution >= 4 is 17.8 Å². The second-order valence-corrected chi connectivity index (χ2v) is 8.05. The minimum Gasteiger partial charge on any atom is -0.338 e. The number of nitrogens with one attached hydrogen (secondary N) is 1. The molecule has 150 valence electrons. The molecule has 1 N–H and O–H groups in total. The van der Waals surface area contributed by atoms with Crippen LogP contribution >= 0.6 is 0 Å². The van der Waals surface area contributed by atoms with E-state index in [1.807, 2.05) is 62.4 Å². The SMILES string of the molecule is Cc1ccc(CN2C(=O)NC3(CCN(C(=O)c4ccc(C)cc4)CC3)C2=O)cc1. The molecule has 0 aliphatic carbocycles. The zero-order chi connectivity index (χ0) is 20.6. The molecule has 0 bridgehead atoms. The minimum absolute atomic E-state index is 0.0341. The van der Waals surface area contributed by atoms with Crippen molar-refractivity contribution in [2.45, 2.75) is 38.8 Å². The largest absolute Gasteiger partial charge is 0.338 e. The van der Waals surface area contributed by atoms with E-state index in [9.17, 15) is 14.4 Å². The van der Waals surface area contributed by atoms with Gasteiger partial charge in [0, 0.05) is 18.7 Å². The lowest BCUT2D eigenvalue weighted by molar-refractivity contribution is -0.133. The van der Waals surface area contributed by atoms with Crippen LogP contribution in [0, 0.1) is 13.8 Å². The summed E-state index contributed by atoms with van der Waals surface area (Å²) in [7, 11) is 0. The van der Waals surface area contributed by atoms with Gasteiger partial charge in [-0.3, -0.25) is 14.5 Å². The van der Waals surface area contributed by atoms with Gasteiger partial charge in [-0.2, -0.15) is 0 Å². The number of urea groups is 1. The van der Waals surface area contributed by atoms with Gasteiger partial charge in [0.05, 0.1) is 6.54 Å². The van der Waals surface area contributed by atoms with Crippen molar-refractivity contribution in [3.05, 3.63) is 70.8 Å². The maximum Gasteiger partial charge on any atom is 0.325 e. The number of piperidine rings is 1. The summed E-state index contributed by atoms with van der Waals surface area (Å²) in [6.07, 6.45) is 0.860. The van der Waals surface area contributed by atoms with Crippen LogP contribution in [0.25, 0.3) is 0 Å². The third-order valence-corrected chi connectivity index (χ3v) is 5.91. The zero-order valence-corrected chi connectivity index (χ0v) is 16.8. The van der Waals surface area contributed by atoms with E-state index in [1.165, 1.54) is 4.90 Å². The van der Waals surface area contributed by atoms with E-state index in [0.717, 1.165) is 16.7 Å². The van der Waals surface area contributed by atoms with Crippen molar-refractivity contribution < 1.29 is 14.4 Å². The minimum atomic E-state index is -0.897. The summed E-state index contributed by atoms with van der Waals surface area (Å²) in [6.45, 7) is 5.13. The van der Waals surface area contributed by atoms with Gasteiger partial charge in [0.15, 0.2) is 0 Å². The summed E-state index contributed by atoms with van der Waals surface area (Å²) in [5.74, 6) is -0.223. The quantitative estimate of drug-likeness (QED) is 0.818. The van der Waals surface area contributed by atoms with Gasteiger partial charge in [-0.05, 0) is 44.4 Å². The Labute approximate surface area is 170 Å². The van der Waals surface area contributed by atoms with E-state index in [4.69, 9.17) is 0 Å². The molecule has 2 aliphatic heterocycles. The first kappa shape index (κ1) is 19.2. The molecular weight excluding hydrogens is 366 g/mol. The van der Waals surface area contributed by atoms with Gasteiger partial charge in [-0.1, -0.05) is 47.5 Å². The van der Waals surface area contributed by atoms with Gasteiger partial charge in [0.2, 0.25) is 0 Å². The van der Waals surface area contributed by atoms with E-state index in [-0.39, 0.29) is 24.4 Å². The van der Waals surface area contributed by atoms with Crippen LogP contribution in [-0.2, 0) is 11.3 Å². The fourth-order valence-corrected chi connectivity index (χ4v) is 4.00. The second kappa shape index (κ2) is 7.35. The van der Waals surface area contributed by atoms with E-state index in [2.05, 4.69) is 5.32 Å². The fourth-order valence-electron chi connectivity index (χ4n) is 4.00. The van der Waals surface area contributed by atoms with Gasteiger partial charge in [-0.25, -0.2) is 4.79 Å². The highest BCUT2D eigenvalue weighted by atomic mass is 16.2. The highest BCUT2D eigenvalue weighted by Gasteiger charge is 2.52. The first-order chi connectivity index (χ1) is 13.9. The van der Waals surface area contributed by atoms with Gasteiger partial charge < -0.3 is 10.2 Å². The van der Waals surface area contributed by atoms with Crippen LogP contribution in [0.2, 0.25) is 0 Å². The summed E-state index contributed by atoms with van der Waals surface area (Å²) in [5, 5.41) is 2.91. The number of imide groups is 1. The number of hydrogen-bond acceptors (Lipinski definition) is 3. The third-order valence-electron chi connectivity index (χ3n) is 5.91. The number of nitrogens with zero attached hydrogens (tertiary/aromatic N) is 2. The van der Waals surface area contributed by atoms with E-state index in [1.54, 1.807) is 4.90 Å². The van der Waals surface area contributed by atoms with Crippen LogP contribution in [0.4, 0.5) is 4.79 Å². The zero-order valence-electron chi connectivity index (χ0n) is 16.8. The standard InChI is InChI=1S/C23H25N3O3/c1-16-3-7-18(8-4-16)15-26-21(28)23(24-22(26)29)11-13-25(14-12-23)20(27)19-9-5-17(2)6-10-19/h3-10H,11-15H2,1-2H3,(H,24,29). The average Bonchev–Trinajstić information content (AvgIpc) is 2.94. The van der Waals surface area contributed by atoms with Crippen LogP contribution < -0.4 is 5.32 Å². The Morgan fingerprint density at radius 2 is 1.48 bits per heavy atom. The molecule has 29 heavy (non-hydrogen) atoms. The monoisotopic (exact) mass is 391 g/mol. The molecule has 2 fully saturated rings. The highest BCUT2D eigenvalue weighted by molar-refractivity contribution is 6.07. The molecule has 2 heterocycles. The molecule has 0 atom stereocenters. The number of amides is 4. The number of rotatable bonds is 3. The van der Waals surface area contributed by atoms with Gasteiger partial charge in [0.25, 0.3) is 11.8 Å². The van der Waals surface area contributed by atoms with Crippen molar-refractivity contribution in [1.82, 2.24) is 15.1 Å². The number of hydrogen-bond donors (Lipinski definition) is 1. The summed E-state index contributed by atoms with van der Waals surface area (Å²) < 4.78 is 0. The van der Waals surface area contributed by atoms with Crippen LogP contribution in [0.15, 0.2) is 48.5 Å². The molecule has 0 radical (unpaired) electrons. The van der Waals surface area contributed by atoms with E-state index in [0.29, 0.717) is 31.5 Å². The molecule has 0 aromatic heterocycles. The molecule has 0 unspecified atom stereocenters. The molecule has 6 nitrogen and oxygen atoms in total. The Morgan fingerprint density at radius 3 is 2.07 bits per heavy atom. The Bertz CT molecular complexity index is 942. The second-order valence-electron chi connectivity index (χ2n) is 8.05. The average molecular weight is 391 g/mol. The predicted molar refractivity (Wildman–Crippen MR) is 109 cm³/mol. The fraction of sp³-hybridized carbons (Fsp3) is 0.348. The smallest absolute Gasteiger partial charge is 0.325 e. The molecule has 4 amide bonds. The summed E-state index contributed by atoms with van der Waals surface area (Å²) in [5.41, 5.74) is 2.91. The molecular formula is C23H25N3O3. The van der Waals surface area contributed by atoms with Crippen molar-refractivity contribution in [3.8, 4) is 0 Å². The molecule has 6 heteroatoms. The normalized spacial score (nSPS) is 18.3. The lowest BCUT2D eigenvalue weighted by Crippen LogP contribution is -2.55. The number of carbonyl (C=O) groups is 3. The Kier molecular flexibility index (Phi) is 4.86. The van der Waals surface area contributed by atoms with E-state index < -0.39 is 5.54 Å². The van der Waals surface area contributed by atoms with Crippen LogP contribution in [-0.4, -0.2) is 46.3 Å². The first-order valence-corrected chi connectivity index (χ1v) is 9.94. The Balaban J connectivity index is 1.43. The third kappa shape index (κ3) is 3.62. The van der Waals surface area contributed by atoms with Crippen LogP contribution in [0.5, 0.6) is 0 Å². The van der Waals surface area contributed by atoms with Crippen molar-refractivity contribution in [3.63, 3.8) is 0 Å². The number of benzene rings is 2. The maximum absolute atomic E-state index is 13.1. The van der Waals surface area contributed by atoms with Crippen LogP contribution in [0.3, 0.4) is 0 Å². The van der Waals surface area contributed by atoms with Crippen molar-refractivity contribution in [2.75, 3.05) is 13.1 Å². The first-order valence-electron chi connectivity index (χ1n) is 9.94. The van der Waals surface area contributed by atoms with Crippen LogP contribution in [0.1, 0.15) is 39.9 Å². The molecule has 4 rings (SSSR count). The van der Waals surface area contributed by atoms with Crippen molar-refractivity contribution in [1.29, 1.82) is 0 Å². The number of likely N-dealkylation sites (tertiary alicyclic amines) is 1. The highest BCUT2D eigenvalue weighted by Crippen LogP contribution is 2.31. The lowest BCUT2D eigenvalue weighted by atomic mass is 9.87. The molecule has 2 aromatic carbocycles. The van der Waals surface area contributed by atoms with Gasteiger partial charge >= 0.3 is 6.03 Å². The maximum atomic E-state index is 13.1. The molecule has 0 saturated carbocycles. The van der Waals surface area contributed by atoms with E-state index >= 15 is 0 Å². The Morgan fingerprint density at radius 1 is 0.931 bits per heavy atom. The number of aryl methyl sites for hydroxylation is 2. The molecule has 2 aromatic rings. The Hall–Kier alpha value is -3.15. The number of carbonyl (C=O) groups excluding carboxylic acids is 3. The molecule has 2 saturated heterocycles. The van der Waals surface area contributed by atoms with Crippen molar-refractivity contribution in [2.24, 2.45) is 0 Å².